The number of non-ortho nitro benzene ring substituents is 1. The first-order valence-corrected chi connectivity index (χ1v) is 21.9. The number of carbonyl (C=O) groups excluding carboxylic acids is 4. The van der Waals surface area contributed by atoms with Crippen molar-refractivity contribution >= 4 is 47.0 Å². The third-order valence-corrected chi connectivity index (χ3v) is 10.6. The molecule has 6 aromatic rings. The zero-order valence-corrected chi connectivity index (χ0v) is 38.2. The lowest BCUT2D eigenvalue weighted by Gasteiger charge is -2.14. The summed E-state index contributed by atoms with van der Waals surface area (Å²) in [6.07, 6.45) is -6.00. The second-order valence-electron chi connectivity index (χ2n) is 15.9. The molecule has 0 saturated heterocycles. The van der Waals surface area contributed by atoms with Gasteiger partial charge in [0.15, 0.2) is 11.6 Å². The van der Waals surface area contributed by atoms with Crippen molar-refractivity contribution in [3.63, 3.8) is 0 Å². The van der Waals surface area contributed by atoms with E-state index in [1.807, 2.05) is 0 Å². The van der Waals surface area contributed by atoms with Crippen molar-refractivity contribution in [3.05, 3.63) is 199 Å². The average molecular weight is 1010 g/mol. The number of esters is 2. The lowest BCUT2D eigenvalue weighted by atomic mass is 9.88. The van der Waals surface area contributed by atoms with E-state index in [2.05, 4.69) is 0 Å². The lowest BCUT2D eigenvalue weighted by molar-refractivity contribution is -0.385. The van der Waals surface area contributed by atoms with Crippen molar-refractivity contribution in [2.75, 3.05) is 13.2 Å². The predicted octanol–water partition coefficient (Wildman–Crippen LogP) is 13.2. The van der Waals surface area contributed by atoms with Gasteiger partial charge in [0.1, 0.15) is 23.0 Å². The molecule has 0 aliphatic carbocycles. The normalized spacial score (nSPS) is 11.6. The number of nitro groups is 2. The molecule has 0 aliphatic rings. The molecule has 0 fully saturated rings. The van der Waals surface area contributed by atoms with Gasteiger partial charge in [0.2, 0.25) is 0 Å². The number of ketones is 2. The highest BCUT2D eigenvalue weighted by Crippen LogP contribution is 2.36. The van der Waals surface area contributed by atoms with Crippen molar-refractivity contribution in [3.8, 4) is 34.1 Å². The number of nitrogens with zero attached hydrogens (tertiary/aromatic N) is 2. The highest BCUT2D eigenvalue weighted by molar-refractivity contribution is 6.16. The van der Waals surface area contributed by atoms with Gasteiger partial charge in [-0.1, -0.05) is 36.4 Å². The minimum Gasteiger partial charge on any atom is -0.494 e. The number of benzene rings is 6. The van der Waals surface area contributed by atoms with Crippen LogP contribution in [0.15, 0.2) is 140 Å². The van der Waals surface area contributed by atoms with Crippen LogP contribution in [0.3, 0.4) is 0 Å². The first-order chi connectivity index (χ1) is 34.6. The number of ether oxygens (including phenoxy) is 4. The van der Waals surface area contributed by atoms with Crippen LogP contribution in [-0.2, 0) is 0 Å². The Balaban J connectivity index is 1.14. The molecule has 0 atom stereocenters. The number of alkyl halides is 6. The van der Waals surface area contributed by atoms with Gasteiger partial charge in [0.25, 0.3) is 11.4 Å². The van der Waals surface area contributed by atoms with Crippen LogP contribution < -0.4 is 18.9 Å². The summed E-state index contributed by atoms with van der Waals surface area (Å²) in [6.45, 7) is 1.01. The molecule has 0 saturated carbocycles. The first kappa shape index (κ1) is 53.4. The zero-order valence-electron chi connectivity index (χ0n) is 38.2. The van der Waals surface area contributed by atoms with Gasteiger partial charge in [0.05, 0.1) is 34.2 Å². The van der Waals surface area contributed by atoms with E-state index in [1.165, 1.54) is 128 Å². The van der Waals surface area contributed by atoms with E-state index in [1.54, 1.807) is 0 Å². The Hall–Kier alpha value is -8.94. The van der Waals surface area contributed by atoms with Crippen LogP contribution in [0, 0.1) is 27.2 Å². The molecule has 0 spiro atoms. The Morgan fingerprint density at radius 3 is 1.38 bits per heavy atom. The van der Waals surface area contributed by atoms with Crippen molar-refractivity contribution in [2.24, 2.45) is 0 Å². The number of rotatable bonds is 21. The van der Waals surface area contributed by atoms with Gasteiger partial charge in [-0.3, -0.25) is 29.8 Å². The molecule has 0 aromatic heterocycles. The molecule has 14 nitrogen and oxygen atoms in total. The van der Waals surface area contributed by atoms with E-state index in [0.717, 1.165) is 30.4 Å². The van der Waals surface area contributed by atoms with Crippen LogP contribution in [0.25, 0.3) is 23.3 Å². The van der Waals surface area contributed by atoms with Crippen molar-refractivity contribution < 1.29 is 74.3 Å². The first-order valence-electron chi connectivity index (χ1n) is 21.9. The highest BCUT2D eigenvalue weighted by Gasteiger charge is 2.28. The molecule has 6 rings (SSSR count). The molecule has 0 N–H and O–H groups in total. The molecule has 0 amide bonds. The van der Waals surface area contributed by atoms with E-state index < -0.39 is 69.9 Å². The largest absolute Gasteiger partial charge is 0.494 e. The van der Waals surface area contributed by atoms with Gasteiger partial charge in [0, 0.05) is 47.7 Å². The van der Waals surface area contributed by atoms with Crippen molar-refractivity contribution in [1.82, 2.24) is 0 Å². The fourth-order valence-corrected chi connectivity index (χ4v) is 6.97. The maximum atomic E-state index is 14.0. The summed E-state index contributed by atoms with van der Waals surface area (Å²) in [4.78, 5) is 76.0. The van der Waals surface area contributed by atoms with Crippen LogP contribution in [0.4, 0.5) is 37.7 Å². The molecule has 0 bridgehead atoms. The Labute approximate surface area is 411 Å². The maximum absolute atomic E-state index is 14.0. The fraction of sp³-hybridized carbons (Fsp3) is 0.170. The topological polar surface area (TPSA) is 191 Å². The quantitative estimate of drug-likeness (QED) is 0.00970. The Bertz CT molecular complexity index is 3060. The van der Waals surface area contributed by atoms with Gasteiger partial charge in [-0.15, -0.1) is 0 Å². The summed E-state index contributed by atoms with van der Waals surface area (Å²) in [5, 5.41) is 23.9. The van der Waals surface area contributed by atoms with Crippen molar-refractivity contribution in [1.29, 1.82) is 0 Å². The minimum atomic E-state index is -4.30. The minimum absolute atomic E-state index is 0.0487. The summed E-state index contributed by atoms with van der Waals surface area (Å²) in [5.41, 5.74) is -0.0760. The number of hydrogen-bond acceptors (Lipinski definition) is 12. The molecule has 0 radical (unpaired) electrons. The second kappa shape index (κ2) is 23.8. The Morgan fingerprint density at radius 1 is 0.534 bits per heavy atom. The summed E-state index contributed by atoms with van der Waals surface area (Å²) in [7, 11) is 0. The molecule has 0 unspecified atom stereocenters. The van der Waals surface area contributed by atoms with Crippen molar-refractivity contribution in [2.45, 2.75) is 45.0 Å². The van der Waals surface area contributed by atoms with Gasteiger partial charge in [-0.05, 0) is 139 Å². The molecule has 0 heterocycles. The highest BCUT2D eigenvalue weighted by atomic mass is 19.4. The van der Waals surface area contributed by atoms with Gasteiger partial charge in [-0.2, -0.15) is 26.3 Å². The van der Waals surface area contributed by atoms with E-state index in [0.29, 0.717) is 11.1 Å². The standard InChI is InChI=1S/C53H40F6N2O12/c1-33-46(61(68)69)25-24-44(49(33)48(63)27-9-35-6-17-42(18-7-35)73-51(65)37-12-21-40(22-13-37)71-31-3-29-53(57,58)59)43-23-14-38(60(66)67)32-45(43)47(62)26-8-34-4-15-41(16-5-34)72-50(64)36-10-19-39(20-11-36)70-30-2-28-52(54,55)56/h4-27,32H,2-3,28-31H2,1H3/b26-8+,27-9+. The molecular formula is C53H40F6N2O12. The Morgan fingerprint density at radius 2 is 0.959 bits per heavy atom. The fourth-order valence-electron chi connectivity index (χ4n) is 6.97. The molecule has 376 valence electrons. The third-order valence-electron chi connectivity index (χ3n) is 10.6. The molecule has 73 heavy (non-hydrogen) atoms. The van der Waals surface area contributed by atoms with Crippen LogP contribution in [-0.4, -0.2) is 58.9 Å². The molecule has 6 aromatic carbocycles. The molecular weight excluding hydrogens is 971 g/mol. The van der Waals surface area contributed by atoms with Crippen LogP contribution in [0.5, 0.6) is 23.0 Å². The number of hydrogen-bond donors (Lipinski definition) is 0. The lowest BCUT2D eigenvalue weighted by Crippen LogP contribution is -2.10. The SMILES string of the molecule is Cc1c([N+](=O)[O-])ccc(-c2ccc([N+](=O)[O-])cc2C(=O)/C=C/c2ccc(OC(=O)c3ccc(OCCCC(F)(F)F)cc3)cc2)c1C(=O)/C=C/c1ccc(OC(=O)c2ccc(OCCCC(F)(F)F)cc2)cc1. The van der Waals surface area contributed by atoms with E-state index in [-0.39, 0.29) is 88.0 Å². The van der Waals surface area contributed by atoms with E-state index >= 15 is 0 Å². The van der Waals surface area contributed by atoms with E-state index in [9.17, 15) is 65.7 Å². The second-order valence-corrected chi connectivity index (χ2v) is 15.9. The number of carbonyl (C=O) groups is 4. The van der Waals surface area contributed by atoms with E-state index in [4.69, 9.17) is 18.9 Å². The predicted molar refractivity (Wildman–Crippen MR) is 254 cm³/mol. The summed E-state index contributed by atoms with van der Waals surface area (Å²) < 4.78 is 95.7. The van der Waals surface area contributed by atoms with Gasteiger partial charge in [-0.25, -0.2) is 9.59 Å². The van der Waals surface area contributed by atoms with Crippen LogP contribution >= 0.6 is 0 Å². The number of nitro benzene ring substituents is 2. The smallest absolute Gasteiger partial charge is 0.389 e. The number of allylic oxidation sites excluding steroid dienone is 2. The third kappa shape index (κ3) is 15.5. The molecule has 20 heteroatoms. The van der Waals surface area contributed by atoms with Crippen LogP contribution in [0.2, 0.25) is 0 Å². The summed E-state index contributed by atoms with van der Waals surface area (Å²) in [6, 6.07) is 28.8. The summed E-state index contributed by atoms with van der Waals surface area (Å²) in [5.74, 6) is -2.17. The van der Waals surface area contributed by atoms with Gasteiger partial charge < -0.3 is 18.9 Å². The number of halogens is 6. The average Bonchev–Trinajstić information content (AvgIpc) is 3.35. The van der Waals surface area contributed by atoms with Crippen LogP contribution in [0.1, 0.15) is 83.8 Å². The monoisotopic (exact) mass is 1010 g/mol. The Kier molecular flexibility index (Phi) is 17.4. The molecule has 0 aliphatic heterocycles. The van der Waals surface area contributed by atoms with Gasteiger partial charge >= 0.3 is 24.3 Å². The summed E-state index contributed by atoms with van der Waals surface area (Å²) >= 11 is 0. The maximum Gasteiger partial charge on any atom is 0.389 e. The zero-order chi connectivity index (χ0) is 52.9.